The lowest BCUT2D eigenvalue weighted by molar-refractivity contribution is 0.105. The molecule has 0 aliphatic carbocycles. The maximum Gasteiger partial charge on any atom is 0.0338 e. The van der Waals surface area contributed by atoms with Gasteiger partial charge < -0.3 is 0 Å². The highest BCUT2D eigenvalue weighted by molar-refractivity contribution is 5.88. The fraction of sp³-hybridized carbons (Fsp3) is 0.167. The van der Waals surface area contributed by atoms with E-state index in [1.54, 1.807) is 0 Å². The summed E-state index contributed by atoms with van der Waals surface area (Å²) in [5, 5.41) is 7.88. The van der Waals surface area contributed by atoms with Crippen molar-refractivity contribution >= 4 is 32.3 Å². The lowest BCUT2D eigenvalue weighted by Crippen LogP contribution is -2.33. The summed E-state index contributed by atoms with van der Waals surface area (Å²) in [6.45, 7) is 7.14. The molecule has 0 bridgehead atoms. The van der Waals surface area contributed by atoms with Crippen LogP contribution in [0.4, 0.5) is 0 Å². The first-order chi connectivity index (χ1) is 18.1. The zero-order valence-corrected chi connectivity index (χ0v) is 21.8. The van der Waals surface area contributed by atoms with E-state index in [0.29, 0.717) is 0 Å². The van der Waals surface area contributed by atoms with Gasteiger partial charge in [0.1, 0.15) is 0 Å². The van der Waals surface area contributed by atoms with Gasteiger partial charge in [-0.1, -0.05) is 127 Å². The fourth-order valence-electron chi connectivity index (χ4n) is 6.33. The van der Waals surface area contributed by atoms with Crippen molar-refractivity contribution in [1.29, 1.82) is 0 Å². The Morgan fingerprint density at radius 1 is 0.351 bits per heavy atom. The largest absolute Gasteiger partial charge is 0.283 e. The topological polar surface area (TPSA) is 3.24 Å². The van der Waals surface area contributed by atoms with Crippen LogP contribution in [0, 0.1) is 0 Å². The number of benzene rings is 6. The third kappa shape index (κ3) is 4.20. The molecule has 0 saturated heterocycles. The van der Waals surface area contributed by atoms with Gasteiger partial charge in [-0.05, 0) is 69.8 Å². The minimum Gasteiger partial charge on any atom is -0.283 e. The normalized spacial score (nSPS) is 14.3. The second-order valence-corrected chi connectivity index (χ2v) is 10.2. The molecule has 6 aromatic rings. The van der Waals surface area contributed by atoms with Crippen LogP contribution in [0.2, 0.25) is 0 Å². The van der Waals surface area contributed by atoms with Gasteiger partial charge in [-0.3, -0.25) is 4.90 Å². The molecule has 1 heteroatoms. The molecule has 0 amide bonds. The number of nitrogens with zero attached hydrogens (tertiary/aromatic N) is 1. The second kappa shape index (κ2) is 9.84. The van der Waals surface area contributed by atoms with Crippen LogP contribution in [0.15, 0.2) is 127 Å². The molecule has 0 spiro atoms. The predicted octanol–water partition coefficient (Wildman–Crippen LogP) is 10.0. The Labute approximate surface area is 220 Å². The maximum absolute atomic E-state index is 2.71. The molecule has 0 N–H and O–H groups in total. The zero-order valence-electron chi connectivity index (χ0n) is 21.8. The molecule has 0 aliphatic heterocycles. The van der Waals surface area contributed by atoms with Crippen LogP contribution in [0.1, 0.15) is 55.6 Å². The summed E-state index contributed by atoms with van der Waals surface area (Å²) in [6, 6.07) is 47.2. The van der Waals surface area contributed by atoms with Crippen molar-refractivity contribution in [1.82, 2.24) is 4.90 Å². The van der Waals surface area contributed by atoms with Crippen molar-refractivity contribution in [2.45, 2.75) is 38.9 Å². The van der Waals surface area contributed by atoms with Gasteiger partial charge in [0.2, 0.25) is 0 Å². The van der Waals surface area contributed by atoms with Crippen LogP contribution in [-0.4, -0.2) is 4.90 Å². The van der Waals surface area contributed by atoms with Crippen molar-refractivity contribution in [2.75, 3.05) is 0 Å². The Kier molecular flexibility index (Phi) is 6.24. The van der Waals surface area contributed by atoms with Crippen molar-refractivity contribution in [3.05, 3.63) is 144 Å². The fourth-order valence-corrected chi connectivity index (χ4v) is 6.33. The van der Waals surface area contributed by atoms with E-state index in [-0.39, 0.29) is 18.1 Å². The number of rotatable bonds is 6. The predicted molar refractivity (Wildman–Crippen MR) is 159 cm³/mol. The number of hydrogen-bond donors (Lipinski definition) is 0. The number of hydrogen-bond acceptors (Lipinski definition) is 1. The molecule has 0 heterocycles. The molecule has 0 fully saturated rings. The van der Waals surface area contributed by atoms with E-state index in [1.807, 2.05) is 0 Å². The highest BCUT2D eigenvalue weighted by Crippen LogP contribution is 2.43. The highest BCUT2D eigenvalue weighted by atomic mass is 15.2. The van der Waals surface area contributed by atoms with Crippen molar-refractivity contribution in [3.8, 4) is 0 Å². The van der Waals surface area contributed by atoms with E-state index in [2.05, 4.69) is 153 Å². The van der Waals surface area contributed by atoms with Crippen LogP contribution in [0.5, 0.6) is 0 Å². The van der Waals surface area contributed by atoms with Crippen LogP contribution in [0.25, 0.3) is 32.3 Å². The molecule has 37 heavy (non-hydrogen) atoms. The first kappa shape index (κ1) is 23.5. The Bertz CT molecular complexity index is 1480. The third-order valence-electron chi connectivity index (χ3n) is 8.16. The molecule has 3 atom stereocenters. The zero-order chi connectivity index (χ0) is 25.4. The van der Waals surface area contributed by atoms with Gasteiger partial charge in [-0.15, -0.1) is 0 Å². The SMILES string of the molecule is CC(c1cccc2ccccc12)N(C(C)c1cccc2ccccc12)C(C)c1cccc2ccccc12. The summed E-state index contributed by atoms with van der Waals surface area (Å²) in [7, 11) is 0. The first-order valence-corrected chi connectivity index (χ1v) is 13.3. The van der Waals surface area contributed by atoms with Gasteiger partial charge in [-0.25, -0.2) is 0 Å². The Morgan fingerprint density at radius 3 is 0.946 bits per heavy atom. The summed E-state index contributed by atoms with van der Waals surface area (Å²) < 4.78 is 0. The van der Waals surface area contributed by atoms with E-state index >= 15 is 0 Å². The second-order valence-electron chi connectivity index (χ2n) is 10.2. The maximum atomic E-state index is 2.71. The molecular formula is C36H33N. The van der Waals surface area contributed by atoms with E-state index in [1.165, 1.54) is 49.0 Å². The van der Waals surface area contributed by atoms with Crippen LogP contribution in [0.3, 0.4) is 0 Å². The first-order valence-electron chi connectivity index (χ1n) is 13.3. The smallest absolute Gasteiger partial charge is 0.0338 e. The van der Waals surface area contributed by atoms with Gasteiger partial charge >= 0.3 is 0 Å². The van der Waals surface area contributed by atoms with Crippen LogP contribution in [-0.2, 0) is 0 Å². The van der Waals surface area contributed by atoms with E-state index in [4.69, 9.17) is 0 Å². The summed E-state index contributed by atoms with van der Waals surface area (Å²) in [5.41, 5.74) is 4.12. The minimum absolute atomic E-state index is 0.203. The average Bonchev–Trinajstić information content (AvgIpc) is 2.96. The summed E-state index contributed by atoms with van der Waals surface area (Å²) in [5.74, 6) is 0. The molecule has 0 aromatic heterocycles. The molecule has 6 rings (SSSR count). The van der Waals surface area contributed by atoms with Crippen LogP contribution < -0.4 is 0 Å². The molecule has 182 valence electrons. The highest BCUT2D eigenvalue weighted by Gasteiger charge is 2.30. The molecular weight excluding hydrogens is 446 g/mol. The van der Waals surface area contributed by atoms with Gasteiger partial charge in [-0.2, -0.15) is 0 Å². The quantitative estimate of drug-likeness (QED) is 0.230. The van der Waals surface area contributed by atoms with Crippen LogP contribution >= 0.6 is 0 Å². The van der Waals surface area contributed by atoms with Crippen molar-refractivity contribution < 1.29 is 0 Å². The summed E-state index contributed by atoms with van der Waals surface area (Å²) in [4.78, 5) is 2.71. The molecule has 1 nitrogen and oxygen atoms in total. The molecule has 0 saturated carbocycles. The van der Waals surface area contributed by atoms with E-state index < -0.39 is 0 Å². The summed E-state index contributed by atoms with van der Waals surface area (Å²) >= 11 is 0. The van der Waals surface area contributed by atoms with Gasteiger partial charge in [0.15, 0.2) is 0 Å². The molecule has 6 aromatic carbocycles. The molecule has 0 radical (unpaired) electrons. The van der Waals surface area contributed by atoms with E-state index in [0.717, 1.165) is 0 Å². The minimum atomic E-state index is 0.203. The van der Waals surface area contributed by atoms with Gasteiger partial charge in [0, 0.05) is 18.1 Å². The summed E-state index contributed by atoms with van der Waals surface area (Å²) in [6.07, 6.45) is 0. The van der Waals surface area contributed by atoms with Crippen molar-refractivity contribution in [2.24, 2.45) is 0 Å². The van der Waals surface area contributed by atoms with Crippen molar-refractivity contribution in [3.63, 3.8) is 0 Å². The van der Waals surface area contributed by atoms with E-state index in [9.17, 15) is 0 Å². The Morgan fingerprint density at radius 2 is 0.622 bits per heavy atom. The standard InChI is InChI=1S/C36H33N/c1-25(31-22-10-16-28-13-4-7-19-34(28)31)37(26(2)32-23-11-17-29-14-5-8-20-35(29)32)27(3)33-24-12-18-30-15-6-9-21-36(30)33/h4-27H,1-3H3. The number of fused-ring (bicyclic) bond motifs is 3. The molecule has 0 aliphatic rings. The average molecular weight is 480 g/mol. The van der Waals surface area contributed by atoms with Gasteiger partial charge in [0.05, 0.1) is 0 Å². The Hall–Kier alpha value is -3.94. The lowest BCUT2D eigenvalue weighted by atomic mass is 9.90. The lowest BCUT2D eigenvalue weighted by Gasteiger charge is -2.41. The third-order valence-corrected chi connectivity index (χ3v) is 8.16. The van der Waals surface area contributed by atoms with Gasteiger partial charge in [0.25, 0.3) is 0 Å². The monoisotopic (exact) mass is 479 g/mol. The Balaban J connectivity index is 1.54. The molecule has 3 unspecified atom stereocenters.